The van der Waals surface area contributed by atoms with Gasteiger partial charge >= 0.3 is 0 Å². The summed E-state index contributed by atoms with van der Waals surface area (Å²) in [6, 6.07) is 9.14. The SMILES string of the molecule is Nc1nc2cc(O[C@H]3CC[C@@]4(O)[C@@H]3OC[C@]4(O)n3ccc4c(Cl)ncnc43)ccc2cc1Br. The van der Waals surface area contributed by atoms with Crippen LogP contribution in [-0.2, 0) is 10.5 Å². The van der Waals surface area contributed by atoms with Crippen LogP contribution in [0.25, 0.3) is 21.9 Å². The van der Waals surface area contributed by atoms with Crippen LogP contribution in [0, 0.1) is 0 Å². The van der Waals surface area contributed by atoms with Gasteiger partial charge in [0.1, 0.15) is 46.5 Å². The highest BCUT2D eigenvalue weighted by molar-refractivity contribution is 9.10. The number of ether oxygens (including phenoxy) is 2. The third-order valence-electron chi connectivity index (χ3n) is 6.66. The minimum absolute atomic E-state index is 0.122. The van der Waals surface area contributed by atoms with E-state index in [4.69, 9.17) is 26.8 Å². The Hall–Kier alpha value is -2.50. The topological polar surface area (TPSA) is 129 Å². The number of nitrogen functional groups attached to an aromatic ring is 1. The first-order valence-corrected chi connectivity index (χ1v) is 11.5. The van der Waals surface area contributed by atoms with Crippen molar-refractivity contribution in [3.63, 3.8) is 0 Å². The quantitative estimate of drug-likeness (QED) is 0.344. The van der Waals surface area contributed by atoms with E-state index in [2.05, 4.69) is 30.9 Å². The number of aromatic nitrogens is 4. The monoisotopic (exact) mass is 531 g/mol. The second-order valence-electron chi connectivity index (χ2n) is 8.46. The Morgan fingerprint density at radius 1 is 1.24 bits per heavy atom. The molecule has 33 heavy (non-hydrogen) atoms. The van der Waals surface area contributed by atoms with Crippen LogP contribution in [0.3, 0.4) is 0 Å². The molecule has 4 aromatic rings. The van der Waals surface area contributed by atoms with Crippen molar-refractivity contribution in [3.8, 4) is 5.75 Å². The predicted octanol–water partition coefficient (Wildman–Crippen LogP) is 2.99. The molecule has 0 bridgehead atoms. The van der Waals surface area contributed by atoms with E-state index >= 15 is 0 Å². The third-order valence-corrected chi connectivity index (χ3v) is 7.60. The summed E-state index contributed by atoms with van der Waals surface area (Å²) >= 11 is 9.55. The lowest BCUT2D eigenvalue weighted by atomic mass is 9.89. The van der Waals surface area contributed by atoms with Crippen molar-refractivity contribution >= 4 is 55.3 Å². The van der Waals surface area contributed by atoms with Gasteiger partial charge in [0.15, 0.2) is 5.72 Å². The average Bonchev–Trinajstić information content (AvgIpc) is 3.43. The van der Waals surface area contributed by atoms with Crippen molar-refractivity contribution in [3.05, 3.63) is 52.5 Å². The number of halogens is 2. The number of nitrogens with zero attached hydrogens (tertiary/aromatic N) is 4. The van der Waals surface area contributed by atoms with Gasteiger partial charge in [0.05, 0.1) is 22.0 Å². The Kier molecular flexibility index (Phi) is 4.63. The third kappa shape index (κ3) is 2.98. The van der Waals surface area contributed by atoms with E-state index in [1.165, 1.54) is 10.9 Å². The van der Waals surface area contributed by atoms with E-state index < -0.39 is 23.5 Å². The number of nitrogens with two attached hydrogens (primary N) is 1. The summed E-state index contributed by atoms with van der Waals surface area (Å²) in [6.07, 6.45) is 2.53. The molecule has 6 rings (SSSR count). The normalized spacial score (nSPS) is 29.1. The molecule has 170 valence electrons. The number of fused-ring (bicyclic) bond motifs is 3. The van der Waals surface area contributed by atoms with Crippen molar-refractivity contribution in [1.82, 2.24) is 19.5 Å². The lowest BCUT2D eigenvalue weighted by Gasteiger charge is -2.37. The summed E-state index contributed by atoms with van der Waals surface area (Å²) in [7, 11) is 0. The summed E-state index contributed by atoms with van der Waals surface area (Å²) < 4.78 is 14.4. The fraction of sp³-hybridized carbons (Fsp3) is 0.318. The largest absolute Gasteiger partial charge is 0.488 e. The van der Waals surface area contributed by atoms with Crippen LogP contribution in [0.2, 0.25) is 5.15 Å². The van der Waals surface area contributed by atoms with Crippen LogP contribution in [-0.4, -0.2) is 54.1 Å². The molecule has 3 aromatic heterocycles. The molecule has 1 saturated carbocycles. The zero-order chi connectivity index (χ0) is 23.0. The molecule has 4 N–H and O–H groups in total. The van der Waals surface area contributed by atoms with E-state index in [1.54, 1.807) is 18.3 Å². The standard InChI is InChI=1S/C22H19BrClN5O4/c23-14-7-11-1-2-12(8-15(11)28-19(14)25)33-16-3-5-21(30)17(16)32-9-22(21,31)29-6-4-13-18(24)26-10-27-20(13)29/h1-2,4,6-8,10,16-17,30-31H,3,5,9H2,(H2,25,28)/t16-,17+,21+,22+/m0/s1. The molecule has 9 nitrogen and oxygen atoms in total. The van der Waals surface area contributed by atoms with Gasteiger partial charge in [-0.05, 0) is 53.0 Å². The zero-order valence-corrected chi connectivity index (χ0v) is 19.5. The lowest BCUT2D eigenvalue weighted by molar-refractivity contribution is -0.174. The minimum atomic E-state index is -1.74. The van der Waals surface area contributed by atoms with Gasteiger partial charge in [0, 0.05) is 17.6 Å². The molecule has 1 saturated heterocycles. The number of benzene rings is 1. The number of rotatable bonds is 3. The van der Waals surface area contributed by atoms with Crippen LogP contribution >= 0.6 is 27.5 Å². The van der Waals surface area contributed by atoms with Gasteiger partial charge in [-0.3, -0.25) is 4.57 Å². The molecule has 4 atom stereocenters. The summed E-state index contributed by atoms with van der Waals surface area (Å²) in [4.78, 5) is 12.6. The lowest BCUT2D eigenvalue weighted by Crippen LogP contribution is -2.57. The molecule has 2 fully saturated rings. The van der Waals surface area contributed by atoms with Crippen LogP contribution in [0.5, 0.6) is 5.75 Å². The van der Waals surface area contributed by atoms with Crippen molar-refractivity contribution in [2.75, 3.05) is 12.3 Å². The van der Waals surface area contributed by atoms with Crippen molar-refractivity contribution in [2.45, 2.75) is 36.4 Å². The van der Waals surface area contributed by atoms with Crippen LogP contribution in [0.15, 0.2) is 47.3 Å². The summed E-state index contributed by atoms with van der Waals surface area (Å²) in [5.41, 5.74) is 3.71. The van der Waals surface area contributed by atoms with Crippen molar-refractivity contribution in [2.24, 2.45) is 0 Å². The van der Waals surface area contributed by atoms with Gasteiger partial charge in [-0.1, -0.05) is 11.6 Å². The number of pyridine rings is 1. The molecule has 0 spiro atoms. The smallest absolute Gasteiger partial charge is 0.199 e. The van der Waals surface area contributed by atoms with Gasteiger partial charge in [-0.2, -0.15) is 0 Å². The molecule has 2 aliphatic rings. The van der Waals surface area contributed by atoms with Gasteiger partial charge in [-0.15, -0.1) is 0 Å². The predicted molar refractivity (Wildman–Crippen MR) is 125 cm³/mol. The van der Waals surface area contributed by atoms with Crippen molar-refractivity contribution < 1.29 is 19.7 Å². The zero-order valence-electron chi connectivity index (χ0n) is 17.2. The Labute approximate surface area is 201 Å². The average molecular weight is 533 g/mol. The number of hydrogen-bond acceptors (Lipinski definition) is 8. The van der Waals surface area contributed by atoms with Gasteiger partial charge in [0.25, 0.3) is 0 Å². The first kappa shape index (κ1) is 21.1. The van der Waals surface area contributed by atoms with E-state index in [-0.39, 0.29) is 18.2 Å². The molecular weight excluding hydrogens is 514 g/mol. The molecule has 0 unspecified atom stereocenters. The van der Waals surface area contributed by atoms with E-state index in [9.17, 15) is 10.2 Å². The van der Waals surface area contributed by atoms with E-state index in [0.717, 1.165) is 9.86 Å². The highest BCUT2D eigenvalue weighted by Gasteiger charge is 2.67. The summed E-state index contributed by atoms with van der Waals surface area (Å²) in [5, 5.41) is 25.1. The Morgan fingerprint density at radius 2 is 2.09 bits per heavy atom. The molecule has 0 radical (unpaired) electrons. The minimum Gasteiger partial charge on any atom is -0.488 e. The van der Waals surface area contributed by atoms with Crippen LogP contribution < -0.4 is 10.5 Å². The molecule has 0 amide bonds. The number of anilines is 1. The highest BCUT2D eigenvalue weighted by atomic mass is 79.9. The second-order valence-corrected chi connectivity index (χ2v) is 9.68. The fourth-order valence-electron chi connectivity index (χ4n) is 4.97. The number of hydrogen-bond donors (Lipinski definition) is 3. The molecule has 1 aromatic carbocycles. The molecule has 1 aliphatic carbocycles. The summed E-state index contributed by atoms with van der Waals surface area (Å²) in [5.74, 6) is 0.970. The maximum atomic E-state index is 11.7. The highest BCUT2D eigenvalue weighted by Crippen LogP contribution is 2.50. The molecular formula is C22H19BrClN5O4. The van der Waals surface area contributed by atoms with Gasteiger partial charge < -0.3 is 25.4 Å². The molecule has 4 heterocycles. The molecule has 11 heteroatoms. The fourth-order valence-corrected chi connectivity index (χ4v) is 5.50. The first-order valence-electron chi connectivity index (χ1n) is 10.4. The maximum absolute atomic E-state index is 11.7. The van der Waals surface area contributed by atoms with E-state index in [1.807, 2.05) is 18.2 Å². The van der Waals surface area contributed by atoms with Crippen LogP contribution in [0.1, 0.15) is 12.8 Å². The van der Waals surface area contributed by atoms with Gasteiger partial charge in [-0.25, -0.2) is 15.0 Å². The first-order chi connectivity index (χ1) is 15.8. The maximum Gasteiger partial charge on any atom is 0.199 e. The molecule has 1 aliphatic heterocycles. The van der Waals surface area contributed by atoms with Crippen molar-refractivity contribution in [1.29, 1.82) is 0 Å². The summed E-state index contributed by atoms with van der Waals surface area (Å²) in [6.45, 7) is -0.122. The van der Waals surface area contributed by atoms with E-state index in [0.29, 0.717) is 34.5 Å². The Bertz CT molecular complexity index is 1420. The van der Waals surface area contributed by atoms with Crippen LogP contribution in [0.4, 0.5) is 5.82 Å². The Balaban J connectivity index is 1.31. The van der Waals surface area contributed by atoms with Gasteiger partial charge in [0.2, 0.25) is 0 Å². The Morgan fingerprint density at radius 3 is 2.94 bits per heavy atom. The number of aliphatic hydroxyl groups is 2. The second kappa shape index (κ2) is 7.25.